The first-order chi connectivity index (χ1) is 9.01. The Bertz CT molecular complexity index is 442. The molecule has 0 unspecified atom stereocenters. The highest BCUT2D eigenvalue weighted by Gasteiger charge is 2.29. The lowest BCUT2D eigenvalue weighted by molar-refractivity contribution is 0.0911. The highest BCUT2D eigenvalue weighted by Crippen LogP contribution is 2.20. The van der Waals surface area contributed by atoms with Gasteiger partial charge in [0, 0.05) is 16.7 Å². The number of alkyl halides is 2. The average Bonchev–Trinajstić information content (AvgIpc) is 2.44. The Morgan fingerprint density at radius 2 is 2.05 bits per heavy atom. The molecule has 0 aliphatic heterocycles. The highest BCUT2D eigenvalue weighted by molar-refractivity contribution is 9.09. The second-order valence-electron chi connectivity index (χ2n) is 4.20. The number of hydrogen-bond donors (Lipinski definition) is 1. The van der Waals surface area contributed by atoms with E-state index in [1.165, 1.54) is 19.2 Å². The quantitative estimate of drug-likeness (QED) is 0.747. The molecule has 1 N–H and O–H groups in total. The van der Waals surface area contributed by atoms with Crippen LogP contribution in [0.4, 0.5) is 4.39 Å². The maximum atomic E-state index is 13.8. The van der Waals surface area contributed by atoms with Crippen molar-refractivity contribution >= 4 is 37.8 Å². The number of methoxy groups -OCH3 is 1. The van der Waals surface area contributed by atoms with Gasteiger partial charge in [0.25, 0.3) is 5.91 Å². The first-order valence-corrected chi connectivity index (χ1v) is 8.04. The predicted octanol–water partition coefficient (Wildman–Crippen LogP) is 3.50. The van der Waals surface area contributed by atoms with Gasteiger partial charge >= 0.3 is 0 Å². The van der Waals surface area contributed by atoms with Crippen LogP contribution in [0.1, 0.15) is 23.7 Å². The van der Waals surface area contributed by atoms with Crippen molar-refractivity contribution in [1.82, 2.24) is 5.32 Å². The second kappa shape index (κ2) is 7.24. The summed E-state index contributed by atoms with van der Waals surface area (Å²) in [5.41, 5.74) is -0.413. The highest BCUT2D eigenvalue weighted by atomic mass is 79.9. The van der Waals surface area contributed by atoms with Crippen LogP contribution in [0.2, 0.25) is 0 Å². The van der Waals surface area contributed by atoms with E-state index in [9.17, 15) is 9.18 Å². The van der Waals surface area contributed by atoms with Crippen LogP contribution in [-0.4, -0.2) is 29.2 Å². The molecule has 19 heavy (non-hydrogen) atoms. The van der Waals surface area contributed by atoms with Gasteiger partial charge in [0.2, 0.25) is 0 Å². The molecule has 1 aromatic carbocycles. The lowest BCUT2D eigenvalue weighted by Gasteiger charge is -2.30. The van der Waals surface area contributed by atoms with Gasteiger partial charge in [-0.2, -0.15) is 0 Å². The fourth-order valence-corrected chi connectivity index (χ4v) is 3.50. The Morgan fingerprint density at radius 3 is 2.47 bits per heavy atom. The summed E-state index contributed by atoms with van der Waals surface area (Å²) in [5, 5.41) is 4.04. The minimum Gasteiger partial charge on any atom is -0.497 e. The van der Waals surface area contributed by atoms with Crippen LogP contribution in [0.15, 0.2) is 18.2 Å². The van der Waals surface area contributed by atoms with E-state index in [0.29, 0.717) is 16.4 Å². The number of hydrogen-bond acceptors (Lipinski definition) is 2. The van der Waals surface area contributed by atoms with Crippen LogP contribution in [0.5, 0.6) is 5.75 Å². The van der Waals surface area contributed by atoms with Crippen LogP contribution in [-0.2, 0) is 0 Å². The van der Waals surface area contributed by atoms with Gasteiger partial charge in [-0.3, -0.25) is 4.79 Å². The van der Waals surface area contributed by atoms with Gasteiger partial charge in [-0.25, -0.2) is 4.39 Å². The number of amides is 1. The lowest BCUT2D eigenvalue weighted by Crippen LogP contribution is -2.51. The third-order valence-electron chi connectivity index (χ3n) is 2.99. The largest absolute Gasteiger partial charge is 0.497 e. The zero-order valence-corrected chi connectivity index (χ0v) is 14.0. The second-order valence-corrected chi connectivity index (χ2v) is 5.32. The number of carbonyl (C=O) groups is 1. The topological polar surface area (TPSA) is 38.3 Å². The molecular weight excluding hydrogens is 381 g/mol. The van der Waals surface area contributed by atoms with Crippen LogP contribution in [0, 0.1) is 5.82 Å². The standard InChI is InChI=1S/C13H16Br2FNO2/c1-3-13(7-14,8-15)17-12(18)10-5-4-9(19-2)6-11(10)16/h4-6H,3,7-8H2,1-2H3,(H,17,18). The zero-order chi connectivity index (χ0) is 14.5. The fourth-order valence-electron chi connectivity index (χ4n) is 1.50. The van der Waals surface area contributed by atoms with Crippen molar-refractivity contribution in [3.05, 3.63) is 29.6 Å². The molecule has 0 fully saturated rings. The number of nitrogens with one attached hydrogen (secondary N) is 1. The molecule has 6 heteroatoms. The summed E-state index contributed by atoms with van der Waals surface area (Å²) in [6.07, 6.45) is 0.729. The molecule has 106 valence electrons. The number of benzene rings is 1. The Hall–Kier alpha value is -0.620. The molecule has 0 radical (unpaired) electrons. The van der Waals surface area contributed by atoms with E-state index in [-0.39, 0.29) is 5.56 Å². The summed E-state index contributed by atoms with van der Waals surface area (Å²) in [4.78, 5) is 12.1. The molecule has 0 spiro atoms. The maximum Gasteiger partial charge on any atom is 0.254 e. The van der Waals surface area contributed by atoms with Gasteiger partial charge in [-0.05, 0) is 18.6 Å². The summed E-state index contributed by atoms with van der Waals surface area (Å²) < 4.78 is 18.7. The number of carbonyl (C=O) groups excluding carboxylic acids is 1. The fraction of sp³-hybridized carbons (Fsp3) is 0.462. The summed E-state index contributed by atoms with van der Waals surface area (Å²) in [6.45, 7) is 1.97. The normalized spacial score (nSPS) is 11.2. The van der Waals surface area contributed by atoms with Gasteiger partial charge in [0.1, 0.15) is 11.6 Å². The Labute approximate surface area is 129 Å². The molecule has 0 aliphatic rings. The van der Waals surface area contributed by atoms with Gasteiger partial charge in [0.15, 0.2) is 0 Å². The monoisotopic (exact) mass is 395 g/mol. The van der Waals surface area contributed by atoms with Crippen LogP contribution in [0.25, 0.3) is 0 Å². The predicted molar refractivity (Wildman–Crippen MR) is 81.0 cm³/mol. The van der Waals surface area contributed by atoms with E-state index in [0.717, 1.165) is 6.42 Å². The summed E-state index contributed by atoms with van der Waals surface area (Å²) in [5.74, 6) is -0.635. The smallest absolute Gasteiger partial charge is 0.254 e. The minimum absolute atomic E-state index is 0.0144. The van der Waals surface area contributed by atoms with Gasteiger partial charge in [-0.1, -0.05) is 38.8 Å². The summed E-state index contributed by atoms with van der Waals surface area (Å²) >= 11 is 6.75. The van der Waals surface area contributed by atoms with Gasteiger partial charge < -0.3 is 10.1 Å². The zero-order valence-electron chi connectivity index (χ0n) is 10.8. The first-order valence-electron chi connectivity index (χ1n) is 5.80. The van der Waals surface area contributed by atoms with E-state index < -0.39 is 17.3 Å². The molecular formula is C13H16Br2FNO2. The third kappa shape index (κ3) is 3.92. The minimum atomic E-state index is -0.592. The molecule has 0 aliphatic carbocycles. The van der Waals surface area contributed by atoms with Crippen molar-refractivity contribution in [1.29, 1.82) is 0 Å². The van der Waals surface area contributed by atoms with Crippen LogP contribution >= 0.6 is 31.9 Å². The molecule has 0 heterocycles. The molecule has 3 nitrogen and oxygen atoms in total. The molecule has 1 rings (SSSR count). The molecule has 0 bridgehead atoms. The van der Waals surface area contributed by atoms with E-state index in [1.54, 1.807) is 6.07 Å². The van der Waals surface area contributed by atoms with Gasteiger partial charge in [-0.15, -0.1) is 0 Å². The van der Waals surface area contributed by atoms with Crippen molar-refractivity contribution in [2.45, 2.75) is 18.9 Å². The molecule has 1 aromatic rings. The van der Waals surface area contributed by atoms with Crippen molar-refractivity contribution in [3.8, 4) is 5.75 Å². The number of rotatable bonds is 6. The number of ether oxygens (including phenoxy) is 1. The Morgan fingerprint density at radius 1 is 1.42 bits per heavy atom. The summed E-state index contributed by atoms with van der Waals surface area (Å²) in [6, 6.07) is 4.19. The Balaban J connectivity index is 2.95. The van der Waals surface area contributed by atoms with Crippen molar-refractivity contribution in [3.63, 3.8) is 0 Å². The SMILES string of the molecule is CCC(CBr)(CBr)NC(=O)c1ccc(OC)cc1F. The van der Waals surface area contributed by atoms with E-state index in [4.69, 9.17) is 4.74 Å². The van der Waals surface area contributed by atoms with Crippen molar-refractivity contribution in [2.24, 2.45) is 0 Å². The molecule has 0 aromatic heterocycles. The molecule has 0 saturated carbocycles. The van der Waals surface area contributed by atoms with Crippen LogP contribution < -0.4 is 10.1 Å². The van der Waals surface area contributed by atoms with E-state index >= 15 is 0 Å². The lowest BCUT2D eigenvalue weighted by atomic mass is 10.0. The average molecular weight is 397 g/mol. The van der Waals surface area contributed by atoms with E-state index in [2.05, 4.69) is 37.2 Å². The summed E-state index contributed by atoms with van der Waals surface area (Å²) in [7, 11) is 1.45. The number of halogens is 3. The van der Waals surface area contributed by atoms with Crippen LogP contribution in [0.3, 0.4) is 0 Å². The molecule has 0 atom stereocenters. The van der Waals surface area contributed by atoms with E-state index in [1.807, 2.05) is 6.92 Å². The molecule has 0 saturated heterocycles. The first kappa shape index (κ1) is 16.4. The van der Waals surface area contributed by atoms with Crippen molar-refractivity contribution in [2.75, 3.05) is 17.8 Å². The van der Waals surface area contributed by atoms with Gasteiger partial charge in [0.05, 0.1) is 18.2 Å². The molecule has 1 amide bonds. The van der Waals surface area contributed by atoms with Crippen molar-refractivity contribution < 1.29 is 13.9 Å². The third-order valence-corrected chi connectivity index (χ3v) is 5.13. The maximum absolute atomic E-state index is 13.8. The Kier molecular flexibility index (Phi) is 6.26.